The van der Waals surface area contributed by atoms with Gasteiger partial charge in [0.25, 0.3) is 5.79 Å². The molecule has 2 aromatic carbocycles. The largest absolute Gasteiger partial charge is 0.451 e. The number of fused-ring (bicyclic) bond motifs is 2. The molecular weight excluding hydrogens is 260 g/mol. The van der Waals surface area contributed by atoms with E-state index in [1.807, 2.05) is 0 Å². The smallest absolute Gasteiger partial charge is 0.257 e. The molecule has 0 amide bonds. The van der Waals surface area contributed by atoms with Gasteiger partial charge in [0.2, 0.25) is 0 Å². The van der Waals surface area contributed by atoms with Crippen molar-refractivity contribution in [2.45, 2.75) is 31.5 Å². The Labute approximate surface area is 124 Å². The minimum atomic E-state index is -0.428. The molecule has 2 nitrogen and oxygen atoms in total. The van der Waals surface area contributed by atoms with Gasteiger partial charge in [-0.2, -0.15) is 0 Å². The van der Waals surface area contributed by atoms with Gasteiger partial charge in [-0.3, -0.25) is 0 Å². The number of hydrogen-bond donors (Lipinski definition) is 0. The summed E-state index contributed by atoms with van der Waals surface area (Å²) in [4.78, 5) is 0. The molecule has 1 fully saturated rings. The normalized spacial score (nSPS) is 32.0. The molecule has 1 aliphatic carbocycles. The van der Waals surface area contributed by atoms with E-state index in [0.29, 0.717) is 11.8 Å². The van der Waals surface area contributed by atoms with Crippen molar-refractivity contribution in [3.63, 3.8) is 0 Å². The van der Waals surface area contributed by atoms with E-state index in [0.717, 1.165) is 24.3 Å². The Morgan fingerprint density at radius 3 is 1.71 bits per heavy atom. The lowest BCUT2D eigenvalue weighted by molar-refractivity contribution is -0.186. The number of benzene rings is 2. The van der Waals surface area contributed by atoms with E-state index in [9.17, 15) is 0 Å². The highest BCUT2D eigenvalue weighted by atomic mass is 16.7. The van der Waals surface area contributed by atoms with E-state index in [2.05, 4.69) is 48.5 Å². The van der Waals surface area contributed by atoms with Crippen LogP contribution in [0, 0.1) is 11.8 Å². The first-order chi connectivity index (χ1) is 10.4. The SMILES string of the molecule is c1ccc2c(c1)CC1CCC3Cc4ccccc4OC13O2. The van der Waals surface area contributed by atoms with Gasteiger partial charge in [0.1, 0.15) is 11.5 Å². The predicted octanol–water partition coefficient (Wildman–Crippen LogP) is 3.98. The van der Waals surface area contributed by atoms with Gasteiger partial charge in [0, 0.05) is 11.8 Å². The lowest BCUT2D eigenvalue weighted by Gasteiger charge is -2.46. The number of hydrogen-bond acceptors (Lipinski definition) is 2. The van der Waals surface area contributed by atoms with Crippen LogP contribution >= 0.6 is 0 Å². The standard InChI is InChI=1S/C19H18O2/c1-3-7-17-13(5-1)11-15-9-10-16-12-14-6-2-4-8-18(14)21-19(15,16)20-17/h1-8,15-16H,9-12H2. The van der Waals surface area contributed by atoms with E-state index >= 15 is 0 Å². The maximum atomic E-state index is 6.48. The van der Waals surface area contributed by atoms with Crippen molar-refractivity contribution in [1.29, 1.82) is 0 Å². The van der Waals surface area contributed by atoms with Gasteiger partial charge in [-0.05, 0) is 48.9 Å². The van der Waals surface area contributed by atoms with Crippen LogP contribution in [0.2, 0.25) is 0 Å². The average Bonchev–Trinajstić information content (AvgIpc) is 2.87. The molecule has 2 aromatic rings. The molecule has 0 N–H and O–H groups in total. The van der Waals surface area contributed by atoms with Gasteiger partial charge < -0.3 is 9.47 Å². The third-order valence-corrected chi connectivity index (χ3v) is 5.42. The van der Waals surface area contributed by atoms with Crippen LogP contribution in [0.25, 0.3) is 0 Å². The molecule has 3 aliphatic rings. The molecule has 2 atom stereocenters. The predicted molar refractivity (Wildman–Crippen MR) is 80.5 cm³/mol. The first-order valence-electron chi connectivity index (χ1n) is 7.89. The van der Waals surface area contributed by atoms with Gasteiger partial charge in [-0.25, -0.2) is 0 Å². The zero-order valence-electron chi connectivity index (χ0n) is 11.9. The number of ether oxygens (including phenoxy) is 2. The topological polar surface area (TPSA) is 18.5 Å². The summed E-state index contributed by atoms with van der Waals surface area (Å²) in [5.41, 5.74) is 2.66. The number of para-hydroxylation sites is 2. The lowest BCUT2D eigenvalue weighted by Crippen LogP contribution is -2.56. The van der Waals surface area contributed by atoms with E-state index in [4.69, 9.17) is 9.47 Å². The summed E-state index contributed by atoms with van der Waals surface area (Å²) in [6, 6.07) is 16.8. The van der Waals surface area contributed by atoms with Crippen LogP contribution < -0.4 is 9.47 Å². The Kier molecular flexibility index (Phi) is 2.24. The molecule has 5 rings (SSSR count). The molecule has 21 heavy (non-hydrogen) atoms. The third-order valence-electron chi connectivity index (χ3n) is 5.42. The van der Waals surface area contributed by atoms with Crippen molar-refractivity contribution in [1.82, 2.24) is 0 Å². The van der Waals surface area contributed by atoms with Crippen LogP contribution in [-0.2, 0) is 12.8 Å². The maximum absolute atomic E-state index is 6.48. The molecule has 106 valence electrons. The van der Waals surface area contributed by atoms with E-state index in [1.165, 1.54) is 24.0 Å². The first kappa shape index (κ1) is 11.7. The summed E-state index contributed by atoms with van der Waals surface area (Å²) in [6.07, 6.45) is 4.56. The molecule has 2 heteroatoms. The van der Waals surface area contributed by atoms with Crippen LogP contribution in [-0.4, -0.2) is 5.79 Å². The van der Waals surface area contributed by atoms with Crippen molar-refractivity contribution < 1.29 is 9.47 Å². The second kappa shape index (κ2) is 4.03. The molecule has 0 radical (unpaired) electrons. The van der Waals surface area contributed by atoms with Gasteiger partial charge in [0.05, 0.1) is 0 Å². The first-order valence-corrected chi connectivity index (χ1v) is 7.89. The fourth-order valence-corrected chi connectivity index (χ4v) is 4.40. The Bertz CT molecular complexity index is 645. The van der Waals surface area contributed by atoms with Gasteiger partial charge in [0.15, 0.2) is 0 Å². The lowest BCUT2D eigenvalue weighted by atomic mass is 9.83. The van der Waals surface area contributed by atoms with Crippen LogP contribution in [0.3, 0.4) is 0 Å². The van der Waals surface area contributed by atoms with Crippen LogP contribution in [0.5, 0.6) is 11.5 Å². The molecule has 0 aromatic heterocycles. The van der Waals surface area contributed by atoms with Crippen LogP contribution in [0.4, 0.5) is 0 Å². The van der Waals surface area contributed by atoms with Crippen molar-refractivity contribution in [2.75, 3.05) is 0 Å². The molecule has 0 bridgehead atoms. The monoisotopic (exact) mass is 278 g/mol. The van der Waals surface area contributed by atoms with Crippen molar-refractivity contribution in [2.24, 2.45) is 11.8 Å². The summed E-state index contributed by atoms with van der Waals surface area (Å²) in [5.74, 6) is 2.56. The van der Waals surface area contributed by atoms with Crippen LogP contribution in [0.1, 0.15) is 24.0 Å². The Balaban J connectivity index is 1.62. The van der Waals surface area contributed by atoms with Gasteiger partial charge in [-0.15, -0.1) is 0 Å². The van der Waals surface area contributed by atoms with Crippen molar-refractivity contribution >= 4 is 0 Å². The van der Waals surface area contributed by atoms with E-state index < -0.39 is 5.79 Å². The van der Waals surface area contributed by atoms with Gasteiger partial charge >= 0.3 is 0 Å². The second-order valence-electron chi connectivity index (χ2n) is 6.52. The molecular formula is C19H18O2. The van der Waals surface area contributed by atoms with E-state index in [1.54, 1.807) is 0 Å². The highest BCUT2D eigenvalue weighted by Crippen LogP contribution is 2.54. The molecule has 0 saturated heterocycles. The molecule has 2 aliphatic heterocycles. The molecule has 2 heterocycles. The fourth-order valence-electron chi connectivity index (χ4n) is 4.40. The summed E-state index contributed by atoms with van der Waals surface area (Å²) in [5, 5.41) is 0. The summed E-state index contributed by atoms with van der Waals surface area (Å²) in [6.45, 7) is 0. The minimum absolute atomic E-state index is 0.428. The van der Waals surface area contributed by atoms with Crippen molar-refractivity contribution in [3.05, 3.63) is 59.7 Å². The molecule has 2 unspecified atom stereocenters. The third kappa shape index (κ3) is 1.53. The Morgan fingerprint density at radius 1 is 0.714 bits per heavy atom. The number of rotatable bonds is 0. The highest BCUT2D eigenvalue weighted by molar-refractivity contribution is 5.41. The molecule has 1 spiro atoms. The highest BCUT2D eigenvalue weighted by Gasteiger charge is 2.58. The van der Waals surface area contributed by atoms with Crippen LogP contribution in [0.15, 0.2) is 48.5 Å². The Morgan fingerprint density at radius 2 is 1.19 bits per heavy atom. The zero-order valence-corrected chi connectivity index (χ0v) is 11.9. The average molecular weight is 278 g/mol. The second-order valence-corrected chi connectivity index (χ2v) is 6.52. The summed E-state index contributed by atoms with van der Waals surface area (Å²) < 4.78 is 13.0. The fraction of sp³-hybridized carbons (Fsp3) is 0.368. The van der Waals surface area contributed by atoms with Gasteiger partial charge in [-0.1, -0.05) is 36.4 Å². The summed E-state index contributed by atoms with van der Waals surface area (Å²) >= 11 is 0. The molecule has 1 saturated carbocycles. The Hall–Kier alpha value is -1.96. The van der Waals surface area contributed by atoms with Crippen molar-refractivity contribution in [3.8, 4) is 11.5 Å². The zero-order chi connectivity index (χ0) is 13.9. The quantitative estimate of drug-likeness (QED) is 0.725. The maximum Gasteiger partial charge on any atom is 0.257 e. The van der Waals surface area contributed by atoms with E-state index in [-0.39, 0.29) is 0 Å². The minimum Gasteiger partial charge on any atom is -0.451 e. The summed E-state index contributed by atoms with van der Waals surface area (Å²) in [7, 11) is 0.